The van der Waals surface area contributed by atoms with Crippen molar-refractivity contribution in [2.24, 2.45) is 0 Å². The summed E-state index contributed by atoms with van der Waals surface area (Å²) in [5, 5.41) is 27.6. The summed E-state index contributed by atoms with van der Waals surface area (Å²) in [6, 6.07) is 13.8. The van der Waals surface area contributed by atoms with E-state index in [1.54, 1.807) is 12.1 Å². The number of hydrogen-bond acceptors (Lipinski definition) is 9. The number of imide groups is 2. The van der Waals surface area contributed by atoms with Crippen molar-refractivity contribution >= 4 is 56.5 Å². The fraction of sp³-hybridized carbons (Fsp3) is 0.200. The van der Waals surface area contributed by atoms with Crippen LogP contribution in [0.1, 0.15) is 61.2 Å². The normalized spacial score (nSPS) is 14.4. The molecule has 43 heavy (non-hydrogen) atoms. The van der Waals surface area contributed by atoms with Crippen LogP contribution in [0.15, 0.2) is 60.7 Å². The van der Waals surface area contributed by atoms with E-state index in [2.05, 4.69) is 5.32 Å². The van der Waals surface area contributed by atoms with Crippen LogP contribution in [-0.2, 0) is 0 Å². The molecule has 0 radical (unpaired) electrons. The van der Waals surface area contributed by atoms with E-state index in [1.165, 1.54) is 36.4 Å². The second-order valence-corrected chi connectivity index (χ2v) is 10.3. The monoisotopic (exact) mass is 581 g/mol. The lowest BCUT2D eigenvalue weighted by molar-refractivity contribution is -0.384. The molecule has 2 heterocycles. The Bertz CT molecular complexity index is 1800. The highest BCUT2D eigenvalue weighted by atomic mass is 16.6. The Balaban J connectivity index is 1.53. The highest BCUT2D eigenvalue weighted by Gasteiger charge is 2.46. The fourth-order valence-corrected chi connectivity index (χ4v) is 5.88. The first kappa shape index (κ1) is 27.6. The van der Waals surface area contributed by atoms with Gasteiger partial charge in [0.05, 0.1) is 21.0 Å². The molecule has 6 rings (SSSR count). The van der Waals surface area contributed by atoms with E-state index in [9.17, 15) is 39.4 Å². The fourth-order valence-electron chi connectivity index (χ4n) is 5.88. The lowest BCUT2D eigenvalue weighted by Crippen LogP contribution is -2.59. The van der Waals surface area contributed by atoms with Crippen LogP contribution in [0.5, 0.6) is 0 Å². The number of nitrogens with one attached hydrogen (secondary N) is 1. The van der Waals surface area contributed by atoms with Crippen molar-refractivity contribution < 1.29 is 29.0 Å². The molecule has 0 spiro atoms. The highest BCUT2D eigenvalue weighted by molar-refractivity contribution is 6.28. The maximum Gasteiger partial charge on any atom is 0.270 e. The molecule has 0 aliphatic carbocycles. The number of carbonyl (C=O) groups excluding carboxylic acids is 4. The molecule has 0 bridgehead atoms. The third kappa shape index (κ3) is 4.28. The summed E-state index contributed by atoms with van der Waals surface area (Å²) >= 11 is 0. The smallest absolute Gasteiger partial charge is 0.270 e. The first-order chi connectivity index (χ1) is 20.6. The Morgan fingerprint density at radius 1 is 0.674 bits per heavy atom. The molecule has 0 unspecified atom stereocenters. The molecule has 4 aromatic carbocycles. The summed E-state index contributed by atoms with van der Waals surface area (Å²) in [6.45, 7) is 2.72. The lowest BCUT2D eigenvalue weighted by Gasteiger charge is -2.41. The number of nitrogens with zero attached hydrogens (tertiary/aromatic N) is 4. The summed E-state index contributed by atoms with van der Waals surface area (Å²) in [5.41, 5.74) is -0.767. The highest BCUT2D eigenvalue weighted by Crippen LogP contribution is 2.38. The summed E-state index contributed by atoms with van der Waals surface area (Å²) in [6.07, 6.45) is -0.740. The average Bonchev–Trinajstić information content (AvgIpc) is 2.99. The van der Waals surface area contributed by atoms with Gasteiger partial charge in [0.1, 0.15) is 6.17 Å². The van der Waals surface area contributed by atoms with Crippen molar-refractivity contribution in [1.29, 1.82) is 0 Å². The van der Waals surface area contributed by atoms with E-state index in [1.807, 2.05) is 6.92 Å². The third-order valence-electron chi connectivity index (χ3n) is 7.74. The van der Waals surface area contributed by atoms with Gasteiger partial charge in [-0.25, -0.2) is 0 Å². The quantitative estimate of drug-likeness (QED) is 0.130. The molecule has 13 heteroatoms. The Hall–Kier alpha value is -5.56. The molecule has 1 N–H and O–H groups in total. The second-order valence-electron chi connectivity index (χ2n) is 10.3. The minimum Gasteiger partial charge on any atom is -0.317 e. The first-order valence-electron chi connectivity index (χ1n) is 13.5. The third-order valence-corrected chi connectivity index (χ3v) is 7.74. The van der Waals surface area contributed by atoms with Crippen LogP contribution >= 0.6 is 0 Å². The molecule has 2 aliphatic rings. The summed E-state index contributed by atoms with van der Waals surface area (Å²) < 4.78 is 0. The predicted octanol–water partition coefficient (Wildman–Crippen LogP) is 4.42. The van der Waals surface area contributed by atoms with E-state index >= 15 is 0 Å². The number of non-ortho nitro benzene ring substituents is 2. The Morgan fingerprint density at radius 3 is 1.53 bits per heavy atom. The van der Waals surface area contributed by atoms with Gasteiger partial charge in [-0.1, -0.05) is 31.2 Å². The maximum atomic E-state index is 14.1. The van der Waals surface area contributed by atoms with Crippen LogP contribution in [0.3, 0.4) is 0 Å². The van der Waals surface area contributed by atoms with Gasteiger partial charge in [0.2, 0.25) is 0 Å². The van der Waals surface area contributed by atoms with Gasteiger partial charge < -0.3 is 5.32 Å². The van der Waals surface area contributed by atoms with Gasteiger partial charge in [-0.3, -0.25) is 49.2 Å². The van der Waals surface area contributed by atoms with Crippen molar-refractivity contribution in [2.75, 3.05) is 13.1 Å². The molecule has 216 valence electrons. The van der Waals surface area contributed by atoms with Crippen LogP contribution in [0.2, 0.25) is 0 Å². The average molecular weight is 582 g/mol. The van der Waals surface area contributed by atoms with Crippen LogP contribution in [-0.4, -0.2) is 62.5 Å². The molecule has 4 amide bonds. The van der Waals surface area contributed by atoms with Crippen molar-refractivity contribution in [1.82, 2.24) is 15.1 Å². The zero-order chi connectivity index (χ0) is 30.6. The molecule has 0 atom stereocenters. The Kier molecular flexibility index (Phi) is 6.66. The molecule has 0 fully saturated rings. The minimum absolute atomic E-state index is 0.0601. The zero-order valence-corrected chi connectivity index (χ0v) is 22.7. The molecule has 0 aromatic heterocycles. The minimum atomic E-state index is -1.45. The van der Waals surface area contributed by atoms with Gasteiger partial charge in [0.25, 0.3) is 35.0 Å². The van der Waals surface area contributed by atoms with E-state index < -0.39 is 39.6 Å². The first-order valence-corrected chi connectivity index (χ1v) is 13.5. The number of nitro benzene ring substituents is 2. The van der Waals surface area contributed by atoms with Gasteiger partial charge in [0, 0.05) is 46.2 Å². The van der Waals surface area contributed by atoms with Crippen molar-refractivity contribution in [3.05, 3.63) is 103 Å². The second kappa shape index (κ2) is 10.4. The van der Waals surface area contributed by atoms with Gasteiger partial charge in [-0.05, 0) is 48.8 Å². The summed E-state index contributed by atoms with van der Waals surface area (Å²) in [4.78, 5) is 79.8. The van der Waals surface area contributed by atoms with Crippen LogP contribution in [0.4, 0.5) is 11.4 Å². The van der Waals surface area contributed by atoms with Gasteiger partial charge in [0.15, 0.2) is 0 Å². The number of nitro groups is 2. The number of hydrogen-bond donors (Lipinski definition) is 1. The molecular formula is C30H23N5O8. The number of rotatable bonds is 9. The molecule has 4 aromatic rings. The summed E-state index contributed by atoms with van der Waals surface area (Å²) in [5.74, 6) is -3.36. The molecule has 0 saturated carbocycles. The SMILES string of the molecule is CCCNCCC(N1C(=O)c2cccc3cc([N+](=O)[O-])cc(c23)C1=O)N1C(=O)c2cccc3cc([N+](=O)[O-])cc(c23)C1=O. The van der Waals surface area contributed by atoms with E-state index in [0.717, 1.165) is 28.4 Å². The maximum absolute atomic E-state index is 14.1. The molecule has 13 nitrogen and oxygen atoms in total. The largest absolute Gasteiger partial charge is 0.317 e. The Labute approximate surface area is 243 Å². The molecular weight excluding hydrogens is 558 g/mol. The topological polar surface area (TPSA) is 173 Å². The van der Waals surface area contributed by atoms with Gasteiger partial charge in [-0.2, -0.15) is 0 Å². The summed E-state index contributed by atoms with van der Waals surface area (Å²) in [7, 11) is 0. The number of carbonyl (C=O) groups is 4. The zero-order valence-electron chi connectivity index (χ0n) is 22.7. The van der Waals surface area contributed by atoms with E-state index in [4.69, 9.17) is 0 Å². The van der Waals surface area contributed by atoms with Crippen LogP contribution in [0, 0.1) is 20.2 Å². The van der Waals surface area contributed by atoms with Crippen LogP contribution in [0.25, 0.3) is 21.5 Å². The lowest BCUT2D eigenvalue weighted by atomic mass is 9.91. The Morgan fingerprint density at radius 2 is 1.12 bits per heavy atom. The molecule has 2 aliphatic heterocycles. The van der Waals surface area contributed by atoms with Gasteiger partial charge in [-0.15, -0.1) is 0 Å². The number of benzene rings is 4. The van der Waals surface area contributed by atoms with E-state index in [0.29, 0.717) is 17.3 Å². The predicted molar refractivity (Wildman–Crippen MR) is 154 cm³/mol. The van der Waals surface area contributed by atoms with Gasteiger partial charge >= 0.3 is 0 Å². The number of amides is 4. The molecule has 0 saturated heterocycles. The van der Waals surface area contributed by atoms with Crippen molar-refractivity contribution in [3.8, 4) is 0 Å². The standard InChI is InChI=1S/C30H23N5O8/c1-2-10-31-11-9-24(32-27(36)20-7-3-5-16-12-18(34(40)41)14-22(25(16)20)29(32)38)33-28(37)21-8-4-6-17-13-19(35(42)43)15-23(26(17)21)30(33)39/h3-8,12-15,24,31H,2,9-11H2,1H3. The van der Waals surface area contributed by atoms with Crippen molar-refractivity contribution in [2.45, 2.75) is 25.9 Å². The van der Waals surface area contributed by atoms with Crippen molar-refractivity contribution in [3.63, 3.8) is 0 Å². The van der Waals surface area contributed by atoms with Crippen LogP contribution < -0.4 is 5.32 Å². The van der Waals surface area contributed by atoms with E-state index in [-0.39, 0.29) is 57.4 Å².